The van der Waals surface area contributed by atoms with Crippen LogP contribution in [0.25, 0.3) is 0 Å². The Hall–Kier alpha value is -1.75. The number of ether oxygens (including phenoxy) is 1. The van der Waals surface area contributed by atoms with Crippen LogP contribution >= 0.6 is 0 Å². The molecule has 0 aliphatic heterocycles. The van der Waals surface area contributed by atoms with Gasteiger partial charge in [0.2, 0.25) is 0 Å². The zero-order valence-corrected chi connectivity index (χ0v) is 9.37. The molecule has 78 valence electrons. The lowest BCUT2D eigenvalue weighted by molar-refractivity contribution is 0.370. The highest BCUT2D eigenvalue weighted by Crippen LogP contribution is 2.19. The van der Waals surface area contributed by atoms with Gasteiger partial charge in [-0.25, -0.2) is 0 Å². The predicted molar refractivity (Wildman–Crippen MR) is 63.8 cm³/mol. The molecule has 1 rings (SSSR count). The number of hydrogen-bond donors (Lipinski definition) is 0. The Kier molecular flexibility index (Phi) is 4.43. The lowest BCUT2D eigenvalue weighted by Gasteiger charge is -2.02. The van der Waals surface area contributed by atoms with Crippen LogP contribution in [0.4, 0.5) is 5.69 Å². The molecule has 1 aromatic carbocycles. The van der Waals surface area contributed by atoms with Crippen LogP contribution in [0.1, 0.15) is 20.8 Å². The molecule has 0 saturated carbocycles. The first-order valence-corrected chi connectivity index (χ1v) is 4.86. The Labute approximate surface area is 91.0 Å². The molecule has 0 radical (unpaired) electrons. The second-order valence-electron chi connectivity index (χ2n) is 3.27. The Balaban J connectivity index is 2.73. The SMILES string of the molecule is CC#CCOc1cccc(N=C(C)C)c1. The molecule has 0 N–H and O–H groups in total. The summed E-state index contributed by atoms with van der Waals surface area (Å²) in [4.78, 5) is 4.35. The molecule has 0 aliphatic rings. The second-order valence-corrected chi connectivity index (χ2v) is 3.27. The Morgan fingerprint density at radius 2 is 2.20 bits per heavy atom. The van der Waals surface area contributed by atoms with Gasteiger partial charge in [-0.3, -0.25) is 4.99 Å². The molecular formula is C13H15NO. The summed E-state index contributed by atoms with van der Waals surface area (Å²) in [5, 5.41) is 0. The summed E-state index contributed by atoms with van der Waals surface area (Å²) in [5.74, 6) is 6.44. The summed E-state index contributed by atoms with van der Waals surface area (Å²) < 4.78 is 5.43. The second kappa shape index (κ2) is 5.87. The van der Waals surface area contributed by atoms with E-state index >= 15 is 0 Å². The highest BCUT2D eigenvalue weighted by atomic mass is 16.5. The number of hydrogen-bond acceptors (Lipinski definition) is 2. The minimum absolute atomic E-state index is 0.425. The summed E-state index contributed by atoms with van der Waals surface area (Å²) in [6, 6.07) is 7.69. The molecule has 0 saturated heterocycles. The fourth-order valence-corrected chi connectivity index (χ4v) is 1.09. The molecule has 0 spiro atoms. The van der Waals surface area contributed by atoms with E-state index < -0.39 is 0 Å². The van der Waals surface area contributed by atoms with Gasteiger partial charge in [-0.05, 0) is 32.9 Å². The van der Waals surface area contributed by atoms with Gasteiger partial charge in [-0.1, -0.05) is 12.0 Å². The monoisotopic (exact) mass is 201 g/mol. The van der Waals surface area contributed by atoms with E-state index in [0.717, 1.165) is 17.1 Å². The molecule has 0 heterocycles. The fourth-order valence-electron chi connectivity index (χ4n) is 1.09. The molecule has 0 bridgehead atoms. The number of aliphatic imine (C=N–C) groups is 1. The summed E-state index contributed by atoms with van der Waals surface area (Å²) in [7, 11) is 0. The molecule has 1 aromatic rings. The molecule has 0 aliphatic carbocycles. The maximum absolute atomic E-state index is 5.43. The van der Waals surface area contributed by atoms with Crippen LogP contribution in [0, 0.1) is 11.8 Å². The van der Waals surface area contributed by atoms with Crippen LogP contribution in [-0.2, 0) is 0 Å². The summed E-state index contributed by atoms with van der Waals surface area (Å²) >= 11 is 0. The number of nitrogens with zero attached hydrogens (tertiary/aromatic N) is 1. The molecule has 2 nitrogen and oxygen atoms in total. The van der Waals surface area contributed by atoms with Crippen LogP contribution in [0.2, 0.25) is 0 Å². The highest BCUT2D eigenvalue weighted by Gasteiger charge is 1.94. The first-order valence-electron chi connectivity index (χ1n) is 4.86. The van der Waals surface area contributed by atoms with E-state index in [2.05, 4.69) is 16.8 Å². The van der Waals surface area contributed by atoms with Crippen molar-refractivity contribution in [2.75, 3.05) is 6.61 Å². The zero-order valence-electron chi connectivity index (χ0n) is 9.37. The third-order valence-electron chi connectivity index (χ3n) is 1.66. The molecule has 2 heteroatoms. The first-order chi connectivity index (χ1) is 7.22. The minimum atomic E-state index is 0.425. The van der Waals surface area contributed by atoms with E-state index in [4.69, 9.17) is 4.74 Å². The zero-order chi connectivity index (χ0) is 11.1. The largest absolute Gasteiger partial charge is 0.481 e. The Bertz CT molecular complexity index is 406. The molecule has 0 atom stereocenters. The van der Waals surface area contributed by atoms with Crippen molar-refractivity contribution < 1.29 is 4.74 Å². The van der Waals surface area contributed by atoms with Crippen molar-refractivity contribution in [3.05, 3.63) is 24.3 Å². The van der Waals surface area contributed by atoms with Crippen LogP contribution in [-0.4, -0.2) is 12.3 Å². The van der Waals surface area contributed by atoms with Gasteiger partial charge in [0.25, 0.3) is 0 Å². The van der Waals surface area contributed by atoms with E-state index in [1.165, 1.54) is 0 Å². The average molecular weight is 201 g/mol. The van der Waals surface area contributed by atoms with Crippen molar-refractivity contribution in [1.29, 1.82) is 0 Å². The van der Waals surface area contributed by atoms with Gasteiger partial charge in [0.15, 0.2) is 0 Å². The maximum Gasteiger partial charge on any atom is 0.149 e. The van der Waals surface area contributed by atoms with Gasteiger partial charge in [-0.2, -0.15) is 0 Å². The summed E-state index contributed by atoms with van der Waals surface area (Å²) in [6.07, 6.45) is 0. The topological polar surface area (TPSA) is 21.6 Å². The lowest BCUT2D eigenvalue weighted by atomic mass is 10.3. The van der Waals surface area contributed by atoms with Gasteiger partial charge in [-0.15, -0.1) is 5.92 Å². The van der Waals surface area contributed by atoms with E-state index in [1.54, 1.807) is 6.92 Å². The fraction of sp³-hybridized carbons (Fsp3) is 0.308. The number of benzene rings is 1. The summed E-state index contributed by atoms with van der Waals surface area (Å²) in [6.45, 7) is 6.16. The van der Waals surface area contributed by atoms with Crippen molar-refractivity contribution in [3.8, 4) is 17.6 Å². The van der Waals surface area contributed by atoms with Crippen molar-refractivity contribution in [2.45, 2.75) is 20.8 Å². The molecule has 0 aromatic heterocycles. The smallest absolute Gasteiger partial charge is 0.149 e. The molecule has 15 heavy (non-hydrogen) atoms. The van der Waals surface area contributed by atoms with Crippen LogP contribution in [0.15, 0.2) is 29.3 Å². The van der Waals surface area contributed by atoms with E-state index in [-0.39, 0.29) is 0 Å². The van der Waals surface area contributed by atoms with Gasteiger partial charge in [0.05, 0.1) is 5.69 Å². The third-order valence-corrected chi connectivity index (χ3v) is 1.66. The Morgan fingerprint density at radius 1 is 1.40 bits per heavy atom. The van der Waals surface area contributed by atoms with E-state index in [1.807, 2.05) is 38.1 Å². The summed E-state index contributed by atoms with van der Waals surface area (Å²) in [5.41, 5.74) is 1.94. The van der Waals surface area contributed by atoms with Gasteiger partial charge < -0.3 is 4.74 Å². The van der Waals surface area contributed by atoms with Crippen molar-refractivity contribution in [3.63, 3.8) is 0 Å². The lowest BCUT2D eigenvalue weighted by Crippen LogP contribution is -1.93. The third kappa shape index (κ3) is 4.33. The van der Waals surface area contributed by atoms with Crippen LogP contribution in [0.3, 0.4) is 0 Å². The molecule has 0 fully saturated rings. The van der Waals surface area contributed by atoms with E-state index in [0.29, 0.717) is 6.61 Å². The molecule has 0 amide bonds. The van der Waals surface area contributed by atoms with Crippen molar-refractivity contribution in [2.24, 2.45) is 4.99 Å². The van der Waals surface area contributed by atoms with Crippen molar-refractivity contribution in [1.82, 2.24) is 0 Å². The molecule has 0 unspecified atom stereocenters. The first kappa shape index (κ1) is 11.3. The standard InChI is InChI=1S/C13H15NO/c1-4-5-9-15-13-8-6-7-12(10-13)14-11(2)3/h6-8,10H,9H2,1-3H3. The van der Waals surface area contributed by atoms with Crippen LogP contribution in [0.5, 0.6) is 5.75 Å². The highest BCUT2D eigenvalue weighted by molar-refractivity contribution is 5.82. The van der Waals surface area contributed by atoms with Gasteiger partial charge in [0, 0.05) is 11.8 Å². The Morgan fingerprint density at radius 3 is 2.87 bits per heavy atom. The quantitative estimate of drug-likeness (QED) is 0.543. The van der Waals surface area contributed by atoms with Crippen LogP contribution < -0.4 is 4.74 Å². The predicted octanol–water partition coefficient (Wildman–Crippen LogP) is 3.20. The normalized spacial score (nSPS) is 8.73. The average Bonchev–Trinajstić information content (AvgIpc) is 2.18. The van der Waals surface area contributed by atoms with E-state index in [9.17, 15) is 0 Å². The molecular weight excluding hydrogens is 186 g/mol. The maximum atomic E-state index is 5.43. The van der Waals surface area contributed by atoms with Gasteiger partial charge >= 0.3 is 0 Å². The van der Waals surface area contributed by atoms with Crippen molar-refractivity contribution >= 4 is 11.4 Å². The van der Waals surface area contributed by atoms with Gasteiger partial charge in [0.1, 0.15) is 12.4 Å². The minimum Gasteiger partial charge on any atom is -0.481 e. The number of rotatable bonds is 3.